The molecule has 1 heterocycles. The highest BCUT2D eigenvalue weighted by Crippen LogP contribution is 2.17. The standard InChI is InChI=1S/C17H23N3O/c1-5-14-6-8-15(9-7-14)13(4)19-16-17(21)20(12(2)3)11-10-18-16/h6-13H,5H2,1-4H3,(H,18,19). The van der Waals surface area contributed by atoms with E-state index in [9.17, 15) is 4.79 Å². The zero-order chi connectivity index (χ0) is 15.4. The van der Waals surface area contributed by atoms with Gasteiger partial charge >= 0.3 is 0 Å². The smallest absolute Gasteiger partial charge is 0.293 e. The van der Waals surface area contributed by atoms with Gasteiger partial charge in [0.15, 0.2) is 5.82 Å². The maximum atomic E-state index is 12.3. The van der Waals surface area contributed by atoms with E-state index in [-0.39, 0.29) is 17.6 Å². The van der Waals surface area contributed by atoms with E-state index in [2.05, 4.69) is 41.5 Å². The van der Waals surface area contributed by atoms with E-state index in [1.807, 2.05) is 20.8 Å². The number of anilines is 1. The third-order valence-electron chi connectivity index (χ3n) is 3.67. The molecule has 0 saturated heterocycles. The van der Waals surface area contributed by atoms with Crippen LogP contribution in [-0.2, 0) is 6.42 Å². The molecule has 0 aliphatic rings. The second-order valence-electron chi connectivity index (χ2n) is 5.54. The number of hydrogen-bond acceptors (Lipinski definition) is 3. The minimum atomic E-state index is -0.0791. The summed E-state index contributed by atoms with van der Waals surface area (Å²) >= 11 is 0. The van der Waals surface area contributed by atoms with E-state index < -0.39 is 0 Å². The Bertz CT molecular complexity index is 644. The fourth-order valence-corrected chi connectivity index (χ4v) is 2.26. The van der Waals surface area contributed by atoms with Crippen LogP contribution in [0.2, 0.25) is 0 Å². The molecule has 0 amide bonds. The lowest BCUT2D eigenvalue weighted by atomic mass is 10.1. The summed E-state index contributed by atoms with van der Waals surface area (Å²) in [6, 6.07) is 8.61. The fraction of sp³-hybridized carbons (Fsp3) is 0.412. The molecule has 2 rings (SSSR count). The first-order chi connectivity index (χ1) is 10.0. The van der Waals surface area contributed by atoms with Crippen LogP contribution in [-0.4, -0.2) is 9.55 Å². The molecule has 0 saturated carbocycles. The van der Waals surface area contributed by atoms with E-state index in [4.69, 9.17) is 0 Å². The van der Waals surface area contributed by atoms with Crippen molar-refractivity contribution in [3.05, 3.63) is 58.1 Å². The van der Waals surface area contributed by atoms with Gasteiger partial charge in [0.05, 0.1) is 6.04 Å². The molecule has 0 aliphatic carbocycles. The Morgan fingerprint density at radius 3 is 2.43 bits per heavy atom. The van der Waals surface area contributed by atoms with Gasteiger partial charge < -0.3 is 9.88 Å². The van der Waals surface area contributed by atoms with Gasteiger partial charge in [-0.15, -0.1) is 0 Å². The number of hydrogen-bond donors (Lipinski definition) is 1. The second-order valence-corrected chi connectivity index (χ2v) is 5.54. The molecule has 1 aromatic carbocycles. The first-order valence-corrected chi connectivity index (χ1v) is 7.45. The Morgan fingerprint density at radius 1 is 1.19 bits per heavy atom. The number of benzene rings is 1. The quantitative estimate of drug-likeness (QED) is 0.913. The molecular weight excluding hydrogens is 262 g/mol. The maximum absolute atomic E-state index is 12.3. The molecule has 2 aromatic rings. The molecule has 0 spiro atoms. The van der Waals surface area contributed by atoms with Gasteiger partial charge in [0, 0.05) is 18.4 Å². The monoisotopic (exact) mass is 285 g/mol. The Balaban J connectivity index is 2.21. The van der Waals surface area contributed by atoms with E-state index in [0.29, 0.717) is 5.82 Å². The summed E-state index contributed by atoms with van der Waals surface area (Å²) in [7, 11) is 0. The van der Waals surface area contributed by atoms with Crippen LogP contribution >= 0.6 is 0 Å². The highest BCUT2D eigenvalue weighted by atomic mass is 16.1. The molecule has 4 heteroatoms. The number of aromatic nitrogens is 2. The number of aryl methyl sites for hydroxylation is 1. The molecular formula is C17H23N3O. The van der Waals surface area contributed by atoms with Crippen molar-refractivity contribution >= 4 is 5.82 Å². The first kappa shape index (κ1) is 15.3. The largest absolute Gasteiger partial charge is 0.359 e. The van der Waals surface area contributed by atoms with Gasteiger partial charge in [-0.25, -0.2) is 4.98 Å². The van der Waals surface area contributed by atoms with Crippen molar-refractivity contribution < 1.29 is 0 Å². The van der Waals surface area contributed by atoms with Crippen molar-refractivity contribution in [2.45, 2.75) is 46.2 Å². The Kier molecular flexibility index (Phi) is 4.78. The number of nitrogens with zero attached hydrogens (tertiary/aromatic N) is 2. The molecule has 0 fully saturated rings. The Hall–Kier alpha value is -2.10. The van der Waals surface area contributed by atoms with Crippen LogP contribution in [0.3, 0.4) is 0 Å². The normalized spacial score (nSPS) is 12.4. The summed E-state index contributed by atoms with van der Waals surface area (Å²) in [5.74, 6) is 0.401. The predicted octanol–water partition coefficient (Wildman–Crippen LogP) is 3.56. The van der Waals surface area contributed by atoms with Gasteiger partial charge in [0.25, 0.3) is 5.56 Å². The minimum absolute atomic E-state index is 0.0409. The van der Waals surface area contributed by atoms with Crippen LogP contribution in [0.5, 0.6) is 0 Å². The Morgan fingerprint density at radius 2 is 1.86 bits per heavy atom. The van der Waals surface area contributed by atoms with Crippen molar-refractivity contribution in [1.29, 1.82) is 0 Å². The third-order valence-corrected chi connectivity index (χ3v) is 3.67. The zero-order valence-electron chi connectivity index (χ0n) is 13.1. The molecule has 0 radical (unpaired) electrons. The fourth-order valence-electron chi connectivity index (χ4n) is 2.26. The van der Waals surface area contributed by atoms with E-state index >= 15 is 0 Å². The average Bonchev–Trinajstić information content (AvgIpc) is 2.49. The highest BCUT2D eigenvalue weighted by Gasteiger charge is 2.11. The lowest BCUT2D eigenvalue weighted by molar-refractivity contribution is 0.574. The van der Waals surface area contributed by atoms with E-state index in [1.54, 1.807) is 17.0 Å². The number of nitrogens with one attached hydrogen (secondary N) is 1. The molecule has 0 bridgehead atoms. The zero-order valence-corrected chi connectivity index (χ0v) is 13.1. The van der Waals surface area contributed by atoms with Gasteiger partial charge in [0.2, 0.25) is 0 Å². The van der Waals surface area contributed by atoms with Gasteiger partial charge in [-0.05, 0) is 38.3 Å². The topological polar surface area (TPSA) is 46.9 Å². The summed E-state index contributed by atoms with van der Waals surface area (Å²) in [4.78, 5) is 16.5. The summed E-state index contributed by atoms with van der Waals surface area (Å²) in [5.41, 5.74) is 2.38. The molecule has 1 atom stereocenters. The highest BCUT2D eigenvalue weighted by molar-refractivity contribution is 5.36. The van der Waals surface area contributed by atoms with Crippen LogP contribution in [0.25, 0.3) is 0 Å². The summed E-state index contributed by atoms with van der Waals surface area (Å²) in [5, 5.41) is 3.21. The Labute approximate surface area is 125 Å². The minimum Gasteiger partial charge on any atom is -0.359 e. The van der Waals surface area contributed by atoms with Crippen LogP contribution in [0.15, 0.2) is 41.5 Å². The molecule has 1 unspecified atom stereocenters. The summed E-state index contributed by atoms with van der Waals surface area (Å²) in [6.45, 7) is 8.14. The van der Waals surface area contributed by atoms with Crippen molar-refractivity contribution in [2.24, 2.45) is 0 Å². The van der Waals surface area contributed by atoms with Crippen molar-refractivity contribution in [3.8, 4) is 0 Å². The molecule has 1 N–H and O–H groups in total. The molecule has 112 valence electrons. The number of rotatable bonds is 5. The van der Waals surface area contributed by atoms with Gasteiger partial charge in [-0.1, -0.05) is 31.2 Å². The SMILES string of the molecule is CCc1ccc(C(C)Nc2nccn(C(C)C)c2=O)cc1. The van der Waals surface area contributed by atoms with E-state index in [1.165, 1.54) is 5.56 Å². The van der Waals surface area contributed by atoms with E-state index in [0.717, 1.165) is 12.0 Å². The molecule has 21 heavy (non-hydrogen) atoms. The molecule has 0 aliphatic heterocycles. The molecule has 4 nitrogen and oxygen atoms in total. The van der Waals surface area contributed by atoms with Crippen molar-refractivity contribution in [3.63, 3.8) is 0 Å². The molecule has 1 aromatic heterocycles. The first-order valence-electron chi connectivity index (χ1n) is 7.45. The van der Waals surface area contributed by atoms with Crippen LogP contribution in [0, 0.1) is 0 Å². The predicted molar refractivity (Wildman–Crippen MR) is 86.7 cm³/mol. The van der Waals surface area contributed by atoms with Gasteiger partial charge in [0.1, 0.15) is 0 Å². The maximum Gasteiger partial charge on any atom is 0.293 e. The van der Waals surface area contributed by atoms with Crippen LogP contribution < -0.4 is 10.9 Å². The summed E-state index contributed by atoms with van der Waals surface area (Å²) < 4.78 is 1.68. The second kappa shape index (κ2) is 6.57. The average molecular weight is 285 g/mol. The summed E-state index contributed by atoms with van der Waals surface area (Å²) in [6.07, 6.45) is 4.41. The lowest BCUT2D eigenvalue weighted by Crippen LogP contribution is -2.26. The third kappa shape index (κ3) is 3.51. The lowest BCUT2D eigenvalue weighted by Gasteiger charge is -2.17. The van der Waals surface area contributed by atoms with Crippen molar-refractivity contribution in [1.82, 2.24) is 9.55 Å². The van der Waals surface area contributed by atoms with Crippen molar-refractivity contribution in [2.75, 3.05) is 5.32 Å². The van der Waals surface area contributed by atoms with Crippen LogP contribution in [0.4, 0.5) is 5.82 Å². The van der Waals surface area contributed by atoms with Gasteiger partial charge in [-0.3, -0.25) is 4.79 Å². The van der Waals surface area contributed by atoms with Crippen LogP contribution in [0.1, 0.15) is 50.9 Å². The van der Waals surface area contributed by atoms with Gasteiger partial charge in [-0.2, -0.15) is 0 Å².